The maximum Gasteiger partial charge on any atom is 0.234 e. The molecule has 0 radical (unpaired) electrons. The van der Waals surface area contributed by atoms with Crippen LogP contribution in [0.1, 0.15) is 13.8 Å². The Labute approximate surface area is 172 Å². The number of nitrogens with zero attached hydrogens (tertiary/aromatic N) is 4. The summed E-state index contributed by atoms with van der Waals surface area (Å²) in [6.45, 7) is 4.23. The van der Waals surface area contributed by atoms with Crippen molar-refractivity contribution in [2.45, 2.75) is 20.0 Å². The van der Waals surface area contributed by atoms with Crippen LogP contribution in [-0.4, -0.2) is 45.6 Å². The zero-order valence-corrected chi connectivity index (χ0v) is 17.1. The van der Waals surface area contributed by atoms with E-state index >= 15 is 0 Å². The van der Waals surface area contributed by atoms with Crippen LogP contribution in [0.25, 0.3) is 10.9 Å². The molecule has 0 spiro atoms. The summed E-state index contributed by atoms with van der Waals surface area (Å²) in [5.41, 5.74) is 0.632. The molecule has 2 heterocycles. The summed E-state index contributed by atoms with van der Waals surface area (Å²) in [5, 5.41) is 3.93. The fourth-order valence-corrected chi connectivity index (χ4v) is 2.67. The first-order valence-corrected chi connectivity index (χ1v) is 9.40. The van der Waals surface area contributed by atoms with E-state index in [-0.39, 0.29) is 11.3 Å². The second-order valence-corrected chi connectivity index (χ2v) is 6.65. The lowest BCUT2D eigenvalue weighted by molar-refractivity contribution is 0.243. The third-order valence-corrected chi connectivity index (χ3v) is 3.97. The molecule has 0 atom stereocenters. The summed E-state index contributed by atoms with van der Waals surface area (Å²) in [5.74, 6) is 2.63. The lowest BCUT2D eigenvalue weighted by atomic mass is 10.2. The van der Waals surface area contributed by atoms with Crippen LogP contribution in [0.5, 0.6) is 17.4 Å². The average molecular weight is 424 g/mol. The Morgan fingerprint density at radius 3 is 2.68 bits per heavy atom. The van der Waals surface area contributed by atoms with E-state index < -0.39 is 0 Å². The van der Waals surface area contributed by atoms with Crippen molar-refractivity contribution in [3.8, 4) is 17.4 Å². The second-order valence-electron chi connectivity index (χ2n) is 5.92. The number of benzene rings is 1. The van der Waals surface area contributed by atoms with Crippen molar-refractivity contribution < 1.29 is 14.2 Å². The molecule has 0 aliphatic carbocycles. The number of rotatable bonds is 8. The van der Waals surface area contributed by atoms with E-state index in [1.165, 1.54) is 19.6 Å². The van der Waals surface area contributed by atoms with E-state index in [1.807, 2.05) is 13.8 Å². The normalized spacial score (nSPS) is 10.9. The van der Waals surface area contributed by atoms with Gasteiger partial charge >= 0.3 is 0 Å². The SMILES string of the molecule is COc1cnc(Cl)c(Nc2ncnc3cc(OCCCl)cc(OC(C)C)c23)n1. The largest absolute Gasteiger partial charge is 0.492 e. The molecule has 0 fully saturated rings. The molecule has 8 nitrogen and oxygen atoms in total. The highest BCUT2D eigenvalue weighted by atomic mass is 35.5. The van der Waals surface area contributed by atoms with Crippen LogP contribution in [0.3, 0.4) is 0 Å². The van der Waals surface area contributed by atoms with Crippen molar-refractivity contribution in [1.82, 2.24) is 19.9 Å². The third kappa shape index (κ3) is 4.63. The van der Waals surface area contributed by atoms with Crippen LogP contribution in [0, 0.1) is 0 Å². The minimum Gasteiger partial charge on any atom is -0.492 e. The van der Waals surface area contributed by atoms with Crippen LogP contribution in [0.4, 0.5) is 11.6 Å². The summed E-state index contributed by atoms with van der Waals surface area (Å²) < 4.78 is 16.7. The first-order chi connectivity index (χ1) is 13.5. The van der Waals surface area contributed by atoms with Gasteiger partial charge in [0.1, 0.15) is 30.3 Å². The molecule has 1 N–H and O–H groups in total. The average Bonchev–Trinajstić information content (AvgIpc) is 2.67. The first kappa shape index (κ1) is 20.2. The maximum atomic E-state index is 6.16. The second kappa shape index (κ2) is 9.07. The topological polar surface area (TPSA) is 91.3 Å². The standard InChI is InChI=1S/C18H19Cl2N5O3/c1-10(2)28-13-7-11(27-5-4-19)6-12-15(13)17(23-9-22-12)25-18-16(20)21-8-14(24-18)26-3/h6-10H,4-5H2,1-3H3,(H,22,23,24,25). The maximum absolute atomic E-state index is 6.16. The summed E-state index contributed by atoms with van der Waals surface area (Å²) in [6.07, 6.45) is 2.79. The molecular formula is C18H19Cl2N5O3. The van der Waals surface area contributed by atoms with Crippen molar-refractivity contribution >= 4 is 45.7 Å². The zero-order valence-electron chi connectivity index (χ0n) is 15.6. The number of hydrogen-bond donors (Lipinski definition) is 1. The Morgan fingerprint density at radius 1 is 1.14 bits per heavy atom. The van der Waals surface area contributed by atoms with Gasteiger partial charge in [-0.15, -0.1) is 11.6 Å². The fourth-order valence-electron chi connectivity index (χ4n) is 2.46. The molecule has 148 valence electrons. The summed E-state index contributed by atoms with van der Waals surface area (Å²) in [6, 6.07) is 3.57. The highest BCUT2D eigenvalue weighted by Crippen LogP contribution is 2.36. The molecule has 28 heavy (non-hydrogen) atoms. The Bertz CT molecular complexity index is 971. The molecule has 0 amide bonds. The van der Waals surface area contributed by atoms with Crippen molar-refractivity contribution in [3.05, 3.63) is 29.8 Å². The van der Waals surface area contributed by atoms with Crippen molar-refractivity contribution in [2.75, 3.05) is 24.9 Å². The van der Waals surface area contributed by atoms with Gasteiger partial charge in [0.15, 0.2) is 11.0 Å². The van der Waals surface area contributed by atoms with Gasteiger partial charge in [-0.3, -0.25) is 0 Å². The van der Waals surface area contributed by atoms with Crippen molar-refractivity contribution in [3.63, 3.8) is 0 Å². The van der Waals surface area contributed by atoms with E-state index in [2.05, 4.69) is 25.3 Å². The molecule has 0 unspecified atom stereocenters. The summed E-state index contributed by atoms with van der Waals surface area (Å²) >= 11 is 11.9. The van der Waals surface area contributed by atoms with E-state index in [0.717, 1.165) is 0 Å². The molecule has 0 bridgehead atoms. The summed E-state index contributed by atoms with van der Waals surface area (Å²) in [4.78, 5) is 17.0. The molecule has 0 saturated carbocycles. The predicted molar refractivity (Wildman–Crippen MR) is 108 cm³/mol. The van der Waals surface area contributed by atoms with Gasteiger partial charge in [-0.2, -0.15) is 4.98 Å². The number of alkyl halides is 1. The molecule has 2 aromatic heterocycles. The number of fused-ring (bicyclic) bond motifs is 1. The highest BCUT2D eigenvalue weighted by molar-refractivity contribution is 6.31. The molecule has 0 aliphatic rings. The lowest BCUT2D eigenvalue weighted by Gasteiger charge is -2.16. The van der Waals surface area contributed by atoms with Crippen LogP contribution in [0.2, 0.25) is 5.15 Å². The molecular weight excluding hydrogens is 405 g/mol. The number of aromatic nitrogens is 4. The van der Waals surface area contributed by atoms with Crippen LogP contribution >= 0.6 is 23.2 Å². The number of halogens is 2. The van der Waals surface area contributed by atoms with Crippen molar-refractivity contribution in [2.24, 2.45) is 0 Å². The number of ether oxygens (including phenoxy) is 3. The number of methoxy groups -OCH3 is 1. The lowest BCUT2D eigenvalue weighted by Crippen LogP contribution is -2.08. The zero-order chi connectivity index (χ0) is 20.1. The minimum absolute atomic E-state index is 0.0697. The van der Waals surface area contributed by atoms with Gasteiger partial charge in [-0.1, -0.05) is 11.6 Å². The number of hydrogen-bond acceptors (Lipinski definition) is 8. The number of anilines is 2. The van der Waals surface area contributed by atoms with Crippen molar-refractivity contribution in [1.29, 1.82) is 0 Å². The van der Waals surface area contributed by atoms with Gasteiger partial charge < -0.3 is 19.5 Å². The molecule has 3 rings (SSSR count). The molecule has 1 aromatic carbocycles. The van der Waals surface area contributed by atoms with Crippen LogP contribution in [0.15, 0.2) is 24.7 Å². The fraction of sp³-hybridized carbons (Fsp3) is 0.333. The Balaban J connectivity index is 2.10. The van der Waals surface area contributed by atoms with E-state index in [1.54, 1.807) is 12.1 Å². The van der Waals surface area contributed by atoms with Gasteiger partial charge in [0, 0.05) is 12.1 Å². The van der Waals surface area contributed by atoms with Crippen LogP contribution in [-0.2, 0) is 0 Å². The Kier molecular flexibility index (Phi) is 6.53. The highest BCUT2D eigenvalue weighted by Gasteiger charge is 2.16. The molecule has 10 heteroatoms. The minimum atomic E-state index is -0.0697. The van der Waals surface area contributed by atoms with E-state index in [9.17, 15) is 0 Å². The third-order valence-electron chi connectivity index (χ3n) is 3.54. The van der Waals surface area contributed by atoms with Gasteiger partial charge in [0.2, 0.25) is 5.88 Å². The quantitative estimate of drug-likeness (QED) is 0.538. The van der Waals surface area contributed by atoms with E-state index in [4.69, 9.17) is 37.4 Å². The monoisotopic (exact) mass is 423 g/mol. The van der Waals surface area contributed by atoms with E-state index in [0.29, 0.717) is 52.4 Å². The van der Waals surface area contributed by atoms with Gasteiger partial charge in [-0.05, 0) is 13.8 Å². The Hall–Kier alpha value is -2.58. The first-order valence-electron chi connectivity index (χ1n) is 8.49. The molecule has 0 saturated heterocycles. The molecule has 3 aromatic rings. The smallest absolute Gasteiger partial charge is 0.234 e. The molecule has 0 aliphatic heterocycles. The van der Waals surface area contributed by atoms with Crippen LogP contribution < -0.4 is 19.5 Å². The van der Waals surface area contributed by atoms with Gasteiger partial charge in [0.25, 0.3) is 0 Å². The summed E-state index contributed by atoms with van der Waals surface area (Å²) in [7, 11) is 1.50. The Morgan fingerprint density at radius 2 is 1.96 bits per heavy atom. The van der Waals surface area contributed by atoms with Gasteiger partial charge in [0.05, 0.1) is 36.2 Å². The van der Waals surface area contributed by atoms with Gasteiger partial charge in [-0.25, -0.2) is 15.0 Å². The number of nitrogens with one attached hydrogen (secondary N) is 1. The predicted octanol–water partition coefficient (Wildman–Crippen LogP) is 4.23.